The van der Waals surface area contributed by atoms with E-state index >= 15 is 0 Å². The number of rotatable bonds is 4. The number of benzene rings is 1. The molecule has 2 aromatic rings. The Bertz CT molecular complexity index is 842. The van der Waals surface area contributed by atoms with Crippen LogP contribution in [-0.2, 0) is 0 Å². The van der Waals surface area contributed by atoms with Crippen molar-refractivity contribution in [1.29, 1.82) is 0 Å². The highest BCUT2D eigenvalue weighted by atomic mass is 19.1. The zero-order valence-electron chi connectivity index (χ0n) is 15.6. The molecule has 1 aliphatic heterocycles. The minimum Gasteiger partial charge on any atom is -0.371 e. The van der Waals surface area contributed by atoms with Crippen LogP contribution in [-0.4, -0.2) is 35.8 Å². The Morgan fingerprint density at radius 2 is 2.08 bits per heavy atom. The van der Waals surface area contributed by atoms with Crippen LogP contribution >= 0.6 is 0 Å². The standard InChI is InChI=1S/C20H25FN4O/c1-4-13(2)25-19(14-5-6-14)16(12-22-25)20(26)24-10-9-23(3)17-8-7-15(21)11-18(17)24/h7-8,11-14H,4-6,9-10H2,1-3H3. The maximum Gasteiger partial charge on any atom is 0.261 e. The summed E-state index contributed by atoms with van der Waals surface area (Å²) in [5.41, 5.74) is 3.25. The fraction of sp³-hybridized carbons (Fsp3) is 0.500. The molecule has 1 amide bonds. The fourth-order valence-electron chi connectivity index (χ4n) is 3.71. The third kappa shape index (κ3) is 2.77. The van der Waals surface area contributed by atoms with Gasteiger partial charge in [-0.25, -0.2) is 4.39 Å². The Morgan fingerprint density at radius 1 is 1.31 bits per heavy atom. The lowest BCUT2D eigenvalue weighted by Gasteiger charge is -2.35. The third-order valence-electron chi connectivity index (χ3n) is 5.58. The van der Waals surface area contributed by atoms with Gasteiger partial charge in [-0.05, 0) is 44.4 Å². The average Bonchev–Trinajstić information content (AvgIpc) is 3.38. The number of likely N-dealkylation sites (N-methyl/N-ethyl adjacent to an activating group) is 1. The molecule has 1 aliphatic carbocycles. The normalized spacial score (nSPS) is 18.0. The SMILES string of the molecule is CCC(C)n1ncc(C(=O)N2CCN(C)c3ccc(F)cc32)c1C1CC1. The van der Waals surface area contributed by atoms with E-state index in [2.05, 4.69) is 23.8 Å². The molecule has 0 spiro atoms. The first-order valence-corrected chi connectivity index (χ1v) is 9.41. The summed E-state index contributed by atoms with van der Waals surface area (Å²) in [6.07, 6.45) is 4.89. The molecule has 1 saturated carbocycles. The summed E-state index contributed by atoms with van der Waals surface area (Å²) in [6.45, 7) is 5.53. The van der Waals surface area contributed by atoms with Crippen LogP contribution in [0.25, 0.3) is 0 Å². The minimum absolute atomic E-state index is 0.0681. The average molecular weight is 356 g/mol. The van der Waals surface area contributed by atoms with Crippen LogP contribution in [0.3, 0.4) is 0 Å². The lowest BCUT2D eigenvalue weighted by atomic mass is 10.1. The van der Waals surface area contributed by atoms with Crippen LogP contribution in [0.4, 0.5) is 15.8 Å². The number of fused-ring (bicyclic) bond motifs is 1. The summed E-state index contributed by atoms with van der Waals surface area (Å²) in [5.74, 6) is 0.0286. The number of nitrogens with zero attached hydrogens (tertiary/aromatic N) is 4. The highest BCUT2D eigenvalue weighted by Crippen LogP contribution is 2.43. The lowest BCUT2D eigenvalue weighted by Crippen LogP contribution is -2.43. The summed E-state index contributed by atoms with van der Waals surface area (Å²) >= 11 is 0. The largest absolute Gasteiger partial charge is 0.371 e. The van der Waals surface area contributed by atoms with E-state index in [0.717, 1.165) is 37.2 Å². The molecule has 2 aliphatic rings. The van der Waals surface area contributed by atoms with Crippen LogP contribution in [0.2, 0.25) is 0 Å². The Hall–Kier alpha value is -2.37. The van der Waals surface area contributed by atoms with Gasteiger partial charge in [0, 0.05) is 32.1 Å². The number of aromatic nitrogens is 2. The van der Waals surface area contributed by atoms with Gasteiger partial charge in [-0.3, -0.25) is 9.48 Å². The summed E-state index contributed by atoms with van der Waals surface area (Å²) in [4.78, 5) is 17.2. The molecule has 2 heterocycles. The van der Waals surface area contributed by atoms with Crippen LogP contribution in [0.1, 0.15) is 61.1 Å². The zero-order valence-corrected chi connectivity index (χ0v) is 15.6. The fourth-order valence-corrected chi connectivity index (χ4v) is 3.71. The van der Waals surface area contributed by atoms with Gasteiger partial charge in [0.25, 0.3) is 5.91 Å². The van der Waals surface area contributed by atoms with Gasteiger partial charge in [-0.15, -0.1) is 0 Å². The predicted octanol–water partition coefficient (Wildman–Crippen LogP) is 3.97. The number of amides is 1. The zero-order chi connectivity index (χ0) is 18.4. The molecular weight excluding hydrogens is 331 g/mol. The third-order valence-corrected chi connectivity index (χ3v) is 5.58. The van der Waals surface area contributed by atoms with Gasteiger partial charge in [-0.1, -0.05) is 6.92 Å². The van der Waals surface area contributed by atoms with Crippen molar-refractivity contribution >= 4 is 17.3 Å². The summed E-state index contributed by atoms with van der Waals surface area (Å²) in [6, 6.07) is 4.91. The maximum absolute atomic E-state index is 13.9. The first kappa shape index (κ1) is 17.1. The molecule has 6 heteroatoms. The smallest absolute Gasteiger partial charge is 0.261 e. The Kier molecular flexibility index (Phi) is 4.21. The molecule has 0 radical (unpaired) electrons. The molecule has 1 fully saturated rings. The highest BCUT2D eigenvalue weighted by molar-refractivity contribution is 6.09. The van der Waals surface area contributed by atoms with E-state index < -0.39 is 0 Å². The van der Waals surface area contributed by atoms with Crippen LogP contribution < -0.4 is 9.80 Å². The molecule has 0 bridgehead atoms. The topological polar surface area (TPSA) is 41.4 Å². The van der Waals surface area contributed by atoms with Crippen molar-refractivity contribution in [2.75, 3.05) is 29.9 Å². The first-order chi connectivity index (χ1) is 12.5. The van der Waals surface area contributed by atoms with E-state index in [-0.39, 0.29) is 17.8 Å². The summed E-state index contributed by atoms with van der Waals surface area (Å²) < 4.78 is 15.9. The second-order valence-electron chi connectivity index (χ2n) is 7.43. The molecule has 0 N–H and O–H groups in total. The predicted molar refractivity (Wildman–Crippen MR) is 101 cm³/mol. The lowest BCUT2D eigenvalue weighted by molar-refractivity contribution is 0.0985. The molecule has 1 atom stereocenters. The molecular formula is C20H25FN4O. The monoisotopic (exact) mass is 356 g/mol. The Morgan fingerprint density at radius 3 is 2.77 bits per heavy atom. The van der Waals surface area contributed by atoms with Gasteiger partial charge in [0.05, 0.1) is 28.8 Å². The number of anilines is 2. The molecule has 1 aromatic heterocycles. The Balaban J connectivity index is 1.75. The van der Waals surface area contributed by atoms with Crippen molar-refractivity contribution in [1.82, 2.24) is 9.78 Å². The van der Waals surface area contributed by atoms with Gasteiger partial charge in [0.2, 0.25) is 0 Å². The van der Waals surface area contributed by atoms with E-state index in [1.807, 2.05) is 11.7 Å². The van der Waals surface area contributed by atoms with Crippen molar-refractivity contribution in [3.8, 4) is 0 Å². The van der Waals surface area contributed by atoms with Gasteiger partial charge in [-0.2, -0.15) is 5.10 Å². The Labute approximate surface area is 153 Å². The van der Waals surface area contributed by atoms with Crippen molar-refractivity contribution in [2.24, 2.45) is 0 Å². The van der Waals surface area contributed by atoms with Crippen molar-refractivity contribution in [3.63, 3.8) is 0 Å². The van der Waals surface area contributed by atoms with E-state index in [1.165, 1.54) is 12.1 Å². The first-order valence-electron chi connectivity index (χ1n) is 9.41. The molecule has 26 heavy (non-hydrogen) atoms. The van der Waals surface area contributed by atoms with Gasteiger partial charge in [0.1, 0.15) is 5.82 Å². The second kappa shape index (κ2) is 6.41. The van der Waals surface area contributed by atoms with Crippen molar-refractivity contribution < 1.29 is 9.18 Å². The van der Waals surface area contributed by atoms with Gasteiger partial charge in [0.15, 0.2) is 0 Å². The van der Waals surface area contributed by atoms with E-state index in [4.69, 9.17) is 0 Å². The number of hydrogen-bond donors (Lipinski definition) is 0. The van der Waals surface area contributed by atoms with Crippen LogP contribution in [0, 0.1) is 5.82 Å². The number of carbonyl (C=O) groups excluding carboxylic acids is 1. The molecule has 5 nitrogen and oxygen atoms in total. The molecule has 4 rings (SSSR count). The van der Waals surface area contributed by atoms with E-state index in [0.29, 0.717) is 23.7 Å². The maximum atomic E-state index is 13.9. The van der Waals surface area contributed by atoms with Crippen LogP contribution in [0.5, 0.6) is 0 Å². The molecule has 1 unspecified atom stereocenters. The molecule has 138 valence electrons. The summed E-state index contributed by atoms with van der Waals surface area (Å²) in [5, 5.41) is 4.54. The van der Waals surface area contributed by atoms with Crippen LogP contribution in [0.15, 0.2) is 24.4 Å². The van der Waals surface area contributed by atoms with E-state index in [1.54, 1.807) is 17.2 Å². The van der Waals surface area contributed by atoms with Gasteiger partial charge < -0.3 is 9.80 Å². The second-order valence-corrected chi connectivity index (χ2v) is 7.43. The summed E-state index contributed by atoms with van der Waals surface area (Å²) in [7, 11) is 1.97. The van der Waals surface area contributed by atoms with Gasteiger partial charge >= 0.3 is 0 Å². The quantitative estimate of drug-likeness (QED) is 0.832. The van der Waals surface area contributed by atoms with Crippen molar-refractivity contribution in [2.45, 2.75) is 45.1 Å². The number of hydrogen-bond acceptors (Lipinski definition) is 3. The number of halogens is 1. The highest BCUT2D eigenvalue weighted by Gasteiger charge is 2.36. The van der Waals surface area contributed by atoms with Crippen molar-refractivity contribution in [3.05, 3.63) is 41.5 Å². The molecule has 0 saturated heterocycles. The minimum atomic E-state index is -0.324. The number of carbonyl (C=O) groups is 1. The molecule has 1 aromatic carbocycles. The van der Waals surface area contributed by atoms with E-state index in [9.17, 15) is 9.18 Å².